The van der Waals surface area contributed by atoms with Crippen LogP contribution in [0.2, 0.25) is 0 Å². The zero-order valence-electron chi connectivity index (χ0n) is 7.88. The third-order valence-electron chi connectivity index (χ3n) is 1.57. The molecule has 1 aromatic rings. The summed E-state index contributed by atoms with van der Waals surface area (Å²) in [6, 6.07) is 6.00. The van der Waals surface area contributed by atoms with Crippen LogP contribution in [0, 0.1) is 10.1 Å². The molecule has 0 bridgehead atoms. The van der Waals surface area contributed by atoms with Crippen molar-refractivity contribution in [3.63, 3.8) is 0 Å². The van der Waals surface area contributed by atoms with Gasteiger partial charge in [0.25, 0.3) is 5.69 Å². The summed E-state index contributed by atoms with van der Waals surface area (Å²) in [5.41, 5.74) is 0.712. The second-order valence-electron chi connectivity index (χ2n) is 2.74. The lowest BCUT2D eigenvalue weighted by Crippen LogP contribution is -1.85. The van der Waals surface area contributed by atoms with E-state index in [-0.39, 0.29) is 5.69 Å². The van der Waals surface area contributed by atoms with Crippen LogP contribution in [-0.2, 0) is 0 Å². The molecule has 14 heavy (non-hydrogen) atoms. The fraction of sp³-hybridized carbons (Fsp3) is 0.333. The highest BCUT2D eigenvalue weighted by Gasteiger charge is 2.02. The summed E-state index contributed by atoms with van der Waals surface area (Å²) in [5, 5.41) is 18.1. The molecule has 0 fully saturated rings. The minimum atomic E-state index is -0.438. The van der Waals surface area contributed by atoms with E-state index in [0.29, 0.717) is 12.2 Å². The highest BCUT2D eigenvalue weighted by molar-refractivity contribution is 5.43. The van der Waals surface area contributed by atoms with Crippen molar-refractivity contribution in [3.05, 3.63) is 34.4 Å². The van der Waals surface area contributed by atoms with Crippen molar-refractivity contribution in [3.8, 4) is 0 Å². The summed E-state index contributed by atoms with van der Waals surface area (Å²) >= 11 is 0. The minimum absolute atomic E-state index is 0.0689. The molecule has 0 amide bonds. The molecule has 0 radical (unpaired) electrons. The first-order chi connectivity index (χ1) is 6.74. The van der Waals surface area contributed by atoms with Crippen molar-refractivity contribution in [2.24, 2.45) is 10.2 Å². The highest BCUT2D eigenvalue weighted by Crippen LogP contribution is 2.17. The SMILES string of the molecule is CCCN=Nc1ccc([N+](=O)[O-])cc1. The van der Waals surface area contributed by atoms with Crippen molar-refractivity contribution in [1.82, 2.24) is 0 Å². The molecule has 0 aliphatic rings. The second kappa shape index (κ2) is 5.06. The molecule has 5 heteroatoms. The normalized spacial score (nSPS) is 10.6. The first kappa shape index (κ1) is 10.3. The lowest BCUT2D eigenvalue weighted by atomic mass is 10.3. The molecule has 0 N–H and O–H groups in total. The monoisotopic (exact) mass is 193 g/mol. The molecular weight excluding hydrogens is 182 g/mol. The number of hydrogen-bond acceptors (Lipinski definition) is 4. The Hall–Kier alpha value is -1.78. The Morgan fingerprint density at radius 2 is 2.00 bits per heavy atom. The van der Waals surface area contributed by atoms with Gasteiger partial charge in [-0.05, 0) is 18.6 Å². The first-order valence-electron chi connectivity index (χ1n) is 4.36. The minimum Gasteiger partial charge on any atom is -0.258 e. The van der Waals surface area contributed by atoms with Gasteiger partial charge in [0, 0.05) is 12.1 Å². The highest BCUT2D eigenvalue weighted by atomic mass is 16.6. The van der Waals surface area contributed by atoms with Crippen LogP contribution in [0.4, 0.5) is 11.4 Å². The molecule has 1 rings (SSSR count). The van der Waals surface area contributed by atoms with E-state index >= 15 is 0 Å². The third kappa shape index (κ3) is 2.93. The number of benzene rings is 1. The Kier molecular flexibility index (Phi) is 3.72. The fourth-order valence-electron chi connectivity index (χ4n) is 0.873. The van der Waals surface area contributed by atoms with Crippen molar-refractivity contribution < 1.29 is 4.92 Å². The van der Waals surface area contributed by atoms with Crippen LogP contribution in [-0.4, -0.2) is 11.5 Å². The van der Waals surface area contributed by atoms with Gasteiger partial charge < -0.3 is 0 Å². The molecule has 0 spiro atoms. The van der Waals surface area contributed by atoms with E-state index in [2.05, 4.69) is 10.2 Å². The van der Waals surface area contributed by atoms with E-state index in [1.165, 1.54) is 12.1 Å². The fourth-order valence-corrected chi connectivity index (χ4v) is 0.873. The Morgan fingerprint density at radius 1 is 1.36 bits per heavy atom. The van der Waals surface area contributed by atoms with Crippen molar-refractivity contribution in [2.75, 3.05) is 6.54 Å². The Balaban J connectivity index is 2.68. The Bertz CT molecular complexity index is 332. The van der Waals surface area contributed by atoms with Gasteiger partial charge in [0.2, 0.25) is 0 Å². The van der Waals surface area contributed by atoms with E-state index in [9.17, 15) is 10.1 Å². The average molecular weight is 193 g/mol. The molecule has 1 aromatic carbocycles. The zero-order valence-corrected chi connectivity index (χ0v) is 7.88. The number of nitro groups is 1. The molecule has 0 unspecified atom stereocenters. The molecular formula is C9H11N3O2. The Morgan fingerprint density at radius 3 is 2.50 bits per heavy atom. The predicted molar refractivity (Wildman–Crippen MR) is 52.8 cm³/mol. The predicted octanol–water partition coefficient (Wildman–Crippen LogP) is 3.09. The topological polar surface area (TPSA) is 67.9 Å². The number of rotatable bonds is 4. The van der Waals surface area contributed by atoms with Crippen LogP contribution in [0.15, 0.2) is 34.5 Å². The molecule has 0 saturated heterocycles. The van der Waals surface area contributed by atoms with E-state index in [1.54, 1.807) is 12.1 Å². The van der Waals surface area contributed by atoms with Gasteiger partial charge >= 0.3 is 0 Å². The standard InChI is InChI=1S/C9H11N3O2/c1-2-7-10-11-8-3-5-9(6-4-8)12(13)14/h3-6H,2,7H2,1H3. The van der Waals surface area contributed by atoms with Crippen LogP contribution in [0.3, 0.4) is 0 Å². The van der Waals surface area contributed by atoms with Gasteiger partial charge in [0.05, 0.1) is 17.2 Å². The van der Waals surface area contributed by atoms with Crippen molar-refractivity contribution >= 4 is 11.4 Å². The molecule has 0 aliphatic carbocycles. The summed E-state index contributed by atoms with van der Waals surface area (Å²) in [7, 11) is 0. The first-order valence-corrected chi connectivity index (χ1v) is 4.36. The van der Waals surface area contributed by atoms with E-state index in [1.807, 2.05) is 6.92 Å². The van der Waals surface area contributed by atoms with Crippen LogP contribution in [0.25, 0.3) is 0 Å². The van der Waals surface area contributed by atoms with Gasteiger partial charge in [-0.25, -0.2) is 0 Å². The summed E-state index contributed by atoms with van der Waals surface area (Å²) in [6.07, 6.45) is 0.941. The van der Waals surface area contributed by atoms with Crippen molar-refractivity contribution in [1.29, 1.82) is 0 Å². The molecule has 74 valence electrons. The van der Waals surface area contributed by atoms with Crippen LogP contribution >= 0.6 is 0 Å². The number of nitrogens with zero attached hydrogens (tertiary/aromatic N) is 3. The zero-order chi connectivity index (χ0) is 10.4. The van der Waals surface area contributed by atoms with Gasteiger partial charge in [0.1, 0.15) is 0 Å². The summed E-state index contributed by atoms with van der Waals surface area (Å²) in [6.45, 7) is 2.69. The van der Waals surface area contributed by atoms with E-state index in [4.69, 9.17) is 0 Å². The van der Waals surface area contributed by atoms with Crippen LogP contribution in [0.1, 0.15) is 13.3 Å². The quantitative estimate of drug-likeness (QED) is 0.419. The van der Waals surface area contributed by atoms with E-state index < -0.39 is 4.92 Å². The van der Waals surface area contributed by atoms with Crippen LogP contribution in [0.5, 0.6) is 0 Å². The summed E-state index contributed by atoms with van der Waals surface area (Å²) in [4.78, 5) is 9.89. The second-order valence-corrected chi connectivity index (χ2v) is 2.74. The van der Waals surface area contributed by atoms with Gasteiger partial charge in [0.15, 0.2) is 0 Å². The van der Waals surface area contributed by atoms with Gasteiger partial charge in [-0.15, -0.1) is 0 Å². The van der Waals surface area contributed by atoms with E-state index in [0.717, 1.165) is 6.42 Å². The average Bonchev–Trinajstić information content (AvgIpc) is 2.19. The van der Waals surface area contributed by atoms with Crippen molar-refractivity contribution in [2.45, 2.75) is 13.3 Å². The number of nitro benzene ring substituents is 1. The van der Waals surface area contributed by atoms with Crippen LogP contribution < -0.4 is 0 Å². The number of non-ortho nitro benzene ring substituents is 1. The number of hydrogen-bond donors (Lipinski definition) is 0. The lowest BCUT2D eigenvalue weighted by Gasteiger charge is -1.92. The maximum Gasteiger partial charge on any atom is 0.269 e. The molecule has 5 nitrogen and oxygen atoms in total. The van der Waals surface area contributed by atoms with Gasteiger partial charge in [-0.2, -0.15) is 10.2 Å². The maximum absolute atomic E-state index is 10.3. The molecule has 0 atom stereocenters. The lowest BCUT2D eigenvalue weighted by molar-refractivity contribution is -0.384. The van der Waals surface area contributed by atoms with Gasteiger partial charge in [-0.3, -0.25) is 10.1 Å². The summed E-state index contributed by atoms with van der Waals surface area (Å²) < 4.78 is 0. The molecule has 0 aromatic heterocycles. The smallest absolute Gasteiger partial charge is 0.258 e. The summed E-state index contributed by atoms with van der Waals surface area (Å²) in [5.74, 6) is 0. The largest absolute Gasteiger partial charge is 0.269 e. The third-order valence-corrected chi connectivity index (χ3v) is 1.57. The Labute approximate surface area is 81.6 Å². The molecule has 0 saturated carbocycles. The molecule has 0 heterocycles. The number of azo groups is 1. The maximum atomic E-state index is 10.3. The molecule has 0 aliphatic heterocycles. The van der Waals surface area contributed by atoms with Gasteiger partial charge in [-0.1, -0.05) is 6.92 Å².